The van der Waals surface area contributed by atoms with E-state index >= 15 is 0 Å². The fourth-order valence-electron chi connectivity index (χ4n) is 5.29. The lowest BCUT2D eigenvalue weighted by molar-refractivity contribution is 0.370. The third kappa shape index (κ3) is 2.87. The molecule has 1 saturated heterocycles. The molecular weight excluding hydrogens is 386 g/mol. The van der Waals surface area contributed by atoms with Crippen LogP contribution in [0.25, 0.3) is 10.2 Å². The number of benzene rings is 1. The summed E-state index contributed by atoms with van der Waals surface area (Å²) in [5.41, 5.74) is 3.00. The lowest BCUT2D eigenvalue weighted by Crippen LogP contribution is -2.40. The molecule has 2 aliphatic rings. The van der Waals surface area contributed by atoms with Gasteiger partial charge in [0.15, 0.2) is 0 Å². The van der Waals surface area contributed by atoms with E-state index < -0.39 is 0 Å². The number of aromatic nitrogens is 2. The predicted octanol–water partition coefficient (Wildman–Crippen LogP) is 2.48. The number of ether oxygens (including phenoxy) is 1. The van der Waals surface area contributed by atoms with E-state index in [0.29, 0.717) is 28.6 Å². The van der Waals surface area contributed by atoms with Crippen molar-refractivity contribution in [3.8, 4) is 5.75 Å². The number of hydrogen-bond donors (Lipinski definition) is 1. The molecule has 7 heteroatoms. The standard InChI is InChI=1S/C22H25N3O3S/c1-24-17-9-11-29-20(17)21(26)25(22(24)27)10-8-16-19-13(12-23-16)6-7-14-15(19)4-3-5-18(14)28-2/h3-5,9,11,13,16,19,23H,6-8,10,12H2,1-2H3. The molecule has 1 aromatic carbocycles. The van der Waals surface area contributed by atoms with Crippen LogP contribution in [0, 0.1) is 5.92 Å². The van der Waals surface area contributed by atoms with E-state index in [1.165, 1.54) is 27.0 Å². The number of methoxy groups -OCH3 is 1. The monoisotopic (exact) mass is 411 g/mol. The fraction of sp³-hybridized carbons (Fsp3) is 0.455. The van der Waals surface area contributed by atoms with Crippen LogP contribution in [0.3, 0.4) is 0 Å². The molecule has 1 aliphatic heterocycles. The summed E-state index contributed by atoms with van der Waals surface area (Å²) in [6.07, 6.45) is 2.94. The first kappa shape index (κ1) is 18.6. The number of thiophene rings is 1. The third-order valence-electron chi connectivity index (χ3n) is 6.72. The minimum Gasteiger partial charge on any atom is -0.496 e. The first-order valence-electron chi connectivity index (χ1n) is 10.2. The fourth-order valence-corrected chi connectivity index (χ4v) is 6.16. The number of fused-ring (bicyclic) bond motifs is 4. The highest BCUT2D eigenvalue weighted by atomic mass is 32.1. The number of hydrogen-bond acceptors (Lipinski definition) is 5. The van der Waals surface area contributed by atoms with Crippen LogP contribution >= 0.6 is 11.3 Å². The minimum absolute atomic E-state index is 0.168. The molecule has 0 amide bonds. The predicted molar refractivity (Wildman–Crippen MR) is 115 cm³/mol. The van der Waals surface area contributed by atoms with Crippen LogP contribution in [-0.2, 0) is 20.0 Å². The average molecular weight is 412 g/mol. The summed E-state index contributed by atoms with van der Waals surface area (Å²) >= 11 is 1.40. The zero-order chi connectivity index (χ0) is 20.1. The molecule has 3 aromatic rings. The van der Waals surface area contributed by atoms with Crippen LogP contribution in [0.2, 0.25) is 0 Å². The van der Waals surface area contributed by atoms with Gasteiger partial charge in [0.25, 0.3) is 5.56 Å². The summed E-state index contributed by atoms with van der Waals surface area (Å²) in [5, 5.41) is 5.54. The topological polar surface area (TPSA) is 65.3 Å². The zero-order valence-corrected chi connectivity index (χ0v) is 17.5. The smallest absolute Gasteiger partial charge is 0.331 e. The summed E-state index contributed by atoms with van der Waals surface area (Å²) < 4.78 is 9.23. The van der Waals surface area contributed by atoms with E-state index in [9.17, 15) is 9.59 Å². The van der Waals surface area contributed by atoms with Crippen LogP contribution in [0.15, 0.2) is 39.2 Å². The van der Waals surface area contributed by atoms with Gasteiger partial charge in [-0.05, 0) is 60.4 Å². The van der Waals surface area contributed by atoms with Crippen molar-refractivity contribution >= 4 is 21.6 Å². The second-order valence-electron chi connectivity index (χ2n) is 8.09. The SMILES string of the molecule is COc1cccc2c1CCC1CNC(CCn3c(=O)c4sccc4n(C)c3=O)C21. The molecule has 1 N–H and O–H groups in total. The van der Waals surface area contributed by atoms with Gasteiger partial charge in [0.1, 0.15) is 10.4 Å². The molecule has 0 saturated carbocycles. The molecule has 2 aromatic heterocycles. The van der Waals surface area contributed by atoms with Gasteiger partial charge >= 0.3 is 5.69 Å². The van der Waals surface area contributed by atoms with Gasteiger partial charge in [0, 0.05) is 25.6 Å². The average Bonchev–Trinajstić information content (AvgIpc) is 3.39. The molecule has 1 fully saturated rings. The van der Waals surface area contributed by atoms with E-state index in [1.54, 1.807) is 18.7 Å². The Bertz CT molecular complexity index is 1190. The summed E-state index contributed by atoms with van der Waals surface area (Å²) in [5.74, 6) is 1.97. The Morgan fingerprint density at radius 1 is 1.28 bits per heavy atom. The van der Waals surface area contributed by atoms with E-state index in [2.05, 4.69) is 17.4 Å². The molecule has 3 heterocycles. The van der Waals surface area contributed by atoms with Gasteiger partial charge in [-0.15, -0.1) is 11.3 Å². The Morgan fingerprint density at radius 2 is 2.14 bits per heavy atom. The molecule has 1 aliphatic carbocycles. The maximum atomic E-state index is 12.9. The molecule has 152 valence electrons. The number of nitrogens with zero attached hydrogens (tertiary/aromatic N) is 2. The van der Waals surface area contributed by atoms with Gasteiger partial charge in [0.05, 0.1) is 12.6 Å². The first-order chi connectivity index (χ1) is 14.1. The van der Waals surface area contributed by atoms with Crippen molar-refractivity contribution in [2.45, 2.75) is 37.8 Å². The molecular formula is C22H25N3O3S. The second-order valence-corrected chi connectivity index (χ2v) is 9.01. The first-order valence-corrected chi connectivity index (χ1v) is 11.0. The Balaban J connectivity index is 1.46. The van der Waals surface area contributed by atoms with Gasteiger partial charge in [-0.25, -0.2) is 4.79 Å². The lowest BCUT2D eigenvalue weighted by atomic mass is 9.73. The quantitative estimate of drug-likeness (QED) is 0.716. The number of nitrogens with one attached hydrogen (secondary N) is 1. The largest absolute Gasteiger partial charge is 0.496 e. The van der Waals surface area contributed by atoms with Crippen molar-refractivity contribution in [2.24, 2.45) is 13.0 Å². The summed E-state index contributed by atoms with van der Waals surface area (Å²) in [6, 6.07) is 8.41. The molecule has 5 rings (SSSR count). The van der Waals surface area contributed by atoms with Crippen LogP contribution in [0.5, 0.6) is 5.75 Å². The third-order valence-corrected chi connectivity index (χ3v) is 7.62. The normalized spacial score (nSPS) is 23.2. The zero-order valence-electron chi connectivity index (χ0n) is 16.7. The van der Waals surface area contributed by atoms with Crippen molar-refractivity contribution in [2.75, 3.05) is 13.7 Å². The summed E-state index contributed by atoms with van der Waals surface area (Å²) in [4.78, 5) is 25.6. The van der Waals surface area contributed by atoms with Crippen molar-refractivity contribution in [1.29, 1.82) is 0 Å². The van der Waals surface area contributed by atoms with E-state index in [4.69, 9.17) is 4.74 Å². The lowest BCUT2D eigenvalue weighted by Gasteiger charge is -2.32. The van der Waals surface area contributed by atoms with Crippen LogP contribution in [0.1, 0.15) is 29.9 Å². The number of rotatable bonds is 4. The van der Waals surface area contributed by atoms with E-state index in [-0.39, 0.29) is 17.3 Å². The van der Waals surface area contributed by atoms with Crippen molar-refractivity contribution in [3.63, 3.8) is 0 Å². The van der Waals surface area contributed by atoms with Gasteiger partial charge in [0.2, 0.25) is 0 Å². The van der Waals surface area contributed by atoms with Crippen LogP contribution in [-0.4, -0.2) is 28.8 Å². The highest BCUT2D eigenvalue weighted by Gasteiger charge is 2.40. The molecule has 3 unspecified atom stereocenters. The molecule has 0 radical (unpaired) electrons. The van der Waals surface area contributed by atoms with E-state index in [0.717, 1.165) is 31.6 Å². The Labute approximate surface area is 172 Å². The van der Waals surface area contributed by atoms with Crippen molar-refractivity contribution in [1.82, 2.24) is 14.5 Å². The summed E-state index contributed by atoms with van der Waals surface area (Å²) in [6.45, 7) is 1.42. The molecule has 29 heavy (non-hydrogen) atoms. The number of aryl methyl sites for hydroxylation is 1. The van der Waals surface area contributed by atoms with Gasteiger partial charge in [-0.2, -0.15) is 0 Å². The Kier molecular flexibility index (Phi) is 4.59. The van der Waals surface area contributed by atoms with Gasteiger partial charge in [-0.1, -0.05) is 12.1 Å². The van der Waals surface area contributed by atoms with Gasteiger partial charge < -0.3 is 10.1 Å². The highest BCUT2D eigenvalue weighted by Crippen LogP contribution is 2.45. The Morgan fingerprint density at radius 3 is 2.97 bits per heavy atom. The van der Waals surface area contributed by atoms with Crippen molar-refractivity contribution < 1.29 is 4.74 Å². The molecule has 0 spiro atoms. The maximum absolute atomic E-state index is 12.9. The molecule has 3 atom stereocenters. The van der Waals surface area contributed by atoms with Crippen molar-refractivity contribution in [3.05, 3.63) is 61.6 Å². The van der Waals surface area contributed by atoms with Gasteiger partial charge in [-0.3, -0.25) is 13.9 Å². The minimum atomic E-state index is -0.235. The summed E-state index contributed by atoms with van der Waals surface area (Å²) in [7, 11) is 3.47. The van der Waals surface area contributed by atoms with E-state index in [1.807, 2.05) is 17.5 Å². The molecule has 0 bridgehead atoms. The highest BCUT2D eigenvalue weighted by molar-refractivity contribution is 7.17. The Hall–Kier alpha value is -2.38. The van der Waals surface area contributed by atoms with Crippen LogP contribution in [0.4, 0.5) is 0 Å². The molecule has 6 nitrogen and oxygen atoms in total. The second kappa shape index (κ2) is 7.15. The maximum Gasteiger partial charge on any atom is 0.331 e. The van der Waals surface area contributed by atoms with Crippen LogP contribution < -0.4 is 21.3 Å².